The number of hydrogen-bond acceptors (Lipinski definition) is 3. The van der Waals surface area contributed by atoms with E-state index in [1.807, 2.05) is 19.9 Å². The van der Waals surface area contributed by atoms with Crippen LogP contribution in [-0.2, 0) is 9.53 Å². The molecule has 0 saturated heterocycles. The van der Waals surface area contributed by atoms with Gasteiger partial charge in [0.05, 0.1) is 7.11 Å². The van der Waals surface area contributed by atoms with E-state index in [0.29, 0.717) is 23.6 Å². The van der Waals surface area contributed by atoms with Gasteiger partial charge in [-0.2, -0.15) is 0 Å². The number of carbonyl (C=O) groups is 1. The summed E-state index contributed by atoms with van der Waals surface area (Å²) in [4.78, 5) is 11.3. The van der Waals surface area contributed by atoms with E-state index in [1.165, 1.54) is 7.11 Å². The van der Waals surface area contributed by atoms with E-state index in [0.717, 1.165) is 11.3 Å². The van der Waals surface area contributed by atoms with Crippen LogP contribution in [0.5, 0.6) is 5.75 Å². The van der Waals surface area contributed by atoms with Crippen molar-refractivity contribution in [3.05, 3.63) is 40.4 Å². The lowest BCUT2D eigenvalue weighted by Crippen LogP contribution is -2.06. The number of hydrogen-bond donors (Lipinski definition) is 0. The highest BCUT2D eigenvalue weighted by Gasteiger charge is 2.06. The van der Waals surface area contributed by atoms with Gasteiger partial charge in [0.15, 0.2) is 0 Å². The van der Waals surface area contributed by atoms with Gasteiger partial charge < -0.3 is 9.47 Å². The summed E-state index contributed by atoms with van der Waals surface area (Å²) in [5.74, 6) is 0.418. The van der Waals surface area contributed by atoms with Crippen LogP contribution >= 0.6 is 11.6 Å². The van der Waals surface area contributed by atoms with Crippen molar-refractivity contribution in [1.29, 1.82) is 0 Å². The SMILES string of the molecule is CCC(=CCOc1ccc(Cl)c(C)c1)C(=O)OC. The molecule has 1 aromatic carbocycles. The Labute approximate surface area is 112 Å². The quantitative estimate of drug-likeness (QED) is 0.605. The van der Waals surface area contributed by atoms with Gasteiger partial charge in [0.2, 0.25) is 0 Å². The van der Waals surface area contributed by atoms with E-state index in [-0.39, 0.29) is 5.97 Å². The zero-order valence-corrected chi connectivity index (χ0v) is 11.6. The first-order valence-electron chi connectivity index (χ1n) is 5.74. The van der Waals surface area contributed by atoms with Crippen molar-refractivity contribution in [3.8, 4) is 5.75 Å². The summed E-state index contributed by atoms with van der Waals surface area (Å²) in [7, 11) is 1.37. The molecule has 98 valence electrons. The fourth-order valence-corrected chi connectivity index (χ4v) is 1.57. The van der Waals surface area contributed by atoms with Crippen molar-refractivity contribution in [2.75, 3.05) is 13.7 Å². The molecule has 1 rings (SSSR count). The first kappa shape index (κ1) is 14.6. The van der Waals surface area contributed by atoms with Crippen LogP contribution in [0.25, 0.3) is 0 Å². The molecule has 3 nitrogen and oxygen atoms in total. The fourth-order valence-electron chi connectivity index (χ4n) is 1.45. The van der Waals surface area contributed by atoms with Gasteiger partial charge in [-0.15, -0.1) is 0 Å². The van der Waals surface area contributed by atoms with E-state index in [9.17, 15) is 4.79 Å². The highest BCUT2D eigenvalue weighted by molar-refractivity contribution is 6.31. The van der Waals surface area contributed by atoms with E-state index >= 15 is 0 Å². The van der Waals surface area contributed by atoms with Crippen LogP contribution < -0.4 is 4.74 Å². The summed E-state index contributed by atoms with van der Waals surface area (Å²) >= 11 is 5.92. The largest absolute Gasteiger partial charge is 0.490 e. The van der Waals surface area contributed by atoms with Gasteiger partial charge in [0.1, 0.15) is 12.4 Å². The average Bonchev–Trinajstić information content (AvgIpc) is 2.38. The Kier molecular flexibility index (Phi) is 5.72. The topological polar surface area (TPSA) is 35.5 Å². The van der Waals surface area contributed by atoms with Gasteiger partial charge in [-0.3, -0.25) is 0 Å². The van der Waals surface area contributed by atoms with Gasteiger partial charge in [-0.25, -0.2) is 4.79 Å². The van der Waals surface area contributed by atoms with Gasteiger partial charge >= 0.3 is 5.97 Å². The van der Waals surface area contributed by atoms with Crippen LogP contribution in [0.3, 0.4) is 0 Å². The maximum Gasteiger partial charge on any atom is 0.333 e. The summed E-state index contributed by atoms with van der Waals surface area (Å²) < 4.78 is 10.2. The lowest BCUT2D eigenvalue weighted by Gasteiger charge is -2.06. The summed E-state index contributed by atoms with van der Waals surface area (Å²) in [6.07, 6.45) is 2.35. The Morgan fingerprint density at radius 3 is 2.72 bits per heavy atom. The average molecular weight is 269 g/mol. The van der Waals surface area contributed by atoms with Crippen LogP contribution in [0.1, 0.15) is 18.9 Å². The van der Waals surface area contributed by atoms with Crippen LogP contribution in [0.15, 0.2) is 29.8 Å². The number of aryl methyl sites for hydroxylation is 1. The Hall–Kier alpha value is -1.48. The summed E-state index contributed by atoms with van der Waals surface area (Å²) in [5, 5.41) is 0.710. The van der Waals surface area contributed by atoms with Crippen molar-refractivity contribution in [2.45, 2.75) is 20.3 Å². The van der Waals surface area contributed by atoms with Crippen molar-refractivity contribution in [1.82, 2.24) is 0 Å². The molecule has 0 atom stereocenters. The Balaban J connectivity index is 2.62. The number of rotatable bonds is 5. The molecule has 0 spiro atoms. The van der Waals surface area contributed by atoms with Crippen molar-refractivity contribution in [3.63, 3.8) is 0 Å². The second-order valence-corrected chi connectivity index (χ2v) is 4.20. The third-order valence-corrected chi connectivity index (χ3v) is 2.96. The Morgan fingerprint density at radius 2 is 2.17 bits per heavy atom. The summed E-state index contributed by atoms with van der Waals surface area (Å²) in [6, 6.07) is 5.45. The molecule has 0 aromatic heterocycles. The van der Waals surface area contributed by atoms with Crippen LogP contribution in [0, 0.1) is 6.92 Å². The molecule has 0 heterocycles. The minimum atomic E-state index is -0.312. The van der Waals surface area contributed by atoms with Crippen LogP contribution in [0.2, 0.25) is 5.02 Å². The van der Waals surface area contributed by atoms with Gasteiger partial charge in [0, 0.05) is 10.6 Å². The fraction of sp³-hybridized carbons (Fsp3) is 0.357. The smallest absolute Gasteiger partial charge is 0.333 e. The maximum atomic E-state index is 11.3. The Bertz CT molecular complexity index is 452. The molecule has 18 heavy (non-hydrogen) atoms. The van der Waals surface area contributed by atoms with Gasteiger partial charge in [0.25, 0.3) is 0 Å². The number of halogens is 1. The molecule has 0 unspecified atom stereocenters. The summed E-state index contributed by atoms with van der Waals surface area (Å²) in [6.45, 7) is 4.14. The predicted octanol–water partition coefficient (Wildman–Crippen LogP) is 3.54. The monoisotopic (exact) mass is 268 g/mol. The molecule has 0 aliphatic rings. The highest BCUT2D eigenvalue weighted by Crippen LogP contribution is 2.21. The van der Waals surface area contributed by atoms with E-state index in [1.54, 1.807) is 18.2 Å². The normalized spacial score (nSPS) is 11.2. The zero-order valence-electron chi connectivity index (χ0n) is 10.8. The molecule has 0 radical (unpaired) electrons. The van der Waals surface area contributed by atoms with Crippen molar-refractivity contribution in [2.24, 2.45) is 0 Å². The van der Waals surface area contributed by atoms with Crippen molar-refractivity contribution < 1.29 is 14.3 Å². The van der Waals surface area contributed by atoms with E-state index in [2.05, 4.69) is 4.74 Å². The minimum Gasteiger partial charge on any atom is -0.490 e. The minimum absolute atomic E-state index is 0.312. The van der Waals surface area contributed by atoms with Gasteiger partial charge in [-0.1, -0.05) is 18.5 Å². The number of methoxy groups -OCH3 is 1. The predicted molar refractivity (Wildman–Crippen MR) is 72.1 cm³/mol. The molecule has 4 heteroatoms. The first-order valence-corrected chi connectivity index (χ1v) is 6.12. The molecule has 0 amide bonds. The van der Waals surface area contributed by atoms with E-state index < -0.39 is 0 Å². The second-order valence-electron chi connectivity index (χ2n) is 3.80. The lowest BCUT2D eigenvalue weighted by molar-refractivity contribution is -0.136. The number of benzene rings is 1. The Morgan fingerprint density at radius 1 is 1.44 bits per heavy atom. The van der Waals surface area contributed by atoms with Crippen LogP contribution in [-0.4, -0.2) is 19.7 Å². The number of esters is 1. The molecular weight excluding hydrogens is 252 g/mol. The third kappa shape index (κ3) is 4.08. The standard InChI is InChI=1S/C14H17ClO3/c1-4-11(14(16)17-3)7-8-18-12-5-6-13(15)10(2)9-12/h5-7,9H,4,8H2,1-3H3. The lowest BCUT2D eigenvalue weighted by atomic mass is 10.2. The molecule has 1 aromatic rings. The van der Waals surface area contributed by atoms with Crippen molar-refractivity contribution >= 4 is 17.6 Å². The second kappa shape index (κ2) is 7.07. The molecule has 0 aliphatic carbocycles. The first-order chi connectivity index (χ1) is 8.58. The molecule has 0 bridgehead atoms. The zero-order chi connectivity index (χ0) is 13.5. The molecule has 0 aliphatic heterocycles. The highest BCUT2D eigenvalue weighted by atomic mass is 35.5. The van der Waals surface area contributed by atoms with E-state index in [4.69, 9.17) is 16.3 Å². The third-order valence-electron chi connectivity index (χ3n) is 2.54. The summed E-state index contributed by atoms with van der Waals surface area (Å²) in [5.41, 5.74) is 1.57. The van der Waals surface area contributed by atoms with Crippen LogP contribution in [0.4, 0.5) is 0 Å². The molecule has 0 N–H and O–H groups in total. The number of ether oxygens (including phenoxy) is 2. The molecular formula is C14H17ClO3. The van der Waals surface area contributed by atoms with Gasteiger partial charge in [-0.05, 0) is 43.2 Å². The molecule has 0 saturated carbocycles. The maximum absolute atomic E-state index is 11.3. The molecule has 0 fully saturated rings. The number of carbonyl (C=O) groups excluding carboxylic acids is 1.